The van der Waals surface area contributed by atoms with Gasteiger partial charge in [0.05, 0.1) is 17.4 Å². The molecule has 1 aromatic heterocycles. The van der Waals surface area contributed by atoms with Gasteiger partial charge in [0.1, 0.15) is 11.5 Å². The van der Waals surface area contributed by atoms with Crippen LogP contribution in [-0.2, 0) is 16.4 Å². The van der Waals surface area contributed by atoms with Gasteiger partial charge in [-0.3, -0.25) is 4.68 Å². The summed E-state index contributed by atoms with van der Waals surface area (Å²) >= 11 is 0. The summed E-state index contributed by atoms with van der Waals surface area (Å²) in [6.07, 6.45) is 4.61. The summed E-state index contributed by atoms with van der Waals surface area (Å²) in [5.41, 5.74) is -0.261. The first-order valence-corrected chi connectivity index (χ1v) is 8.10. The van der Waals surface area contributed by atoms with Crippen LogP contribution in [0.2, 0.25) is 0 Å². The predicted octanol–water partition coefficient (Wildman–Crippen LogP) is 4.17. The normalized spacial score (nSPS) is 19.5. The zero-order valence-electron chi connectivity index (χ0n) is 15.0. The lowest BCUT2D eigenvalue weighted by atomic mass is 9.86. The molecule has 2 heterocycles. The van der Waals surface area contributed by atoms with Gasteiger partial charge in [0, 0.05) is 24.4 Å². The molecule has 0 unspecified atom stereocenters. The average molecular weight is 346 g/mol. The minimum atomic E-state index is -1.15. The second-order valence-corrected chi connectivity index (χ2v) is 7.26. The van der Waals surface area contributed by atoms with Crippen molar-refractivity contribution in [3.05, 3.63) is 47.7 Å². The van der Waals surface area contributed by atoms with E-state index >= 15 is 0 Å². The fraction of sp³-hybridized carbons (Fsp3) is 0.389. The van der Waals surface area contributed by atoms with E-state index in [4.69, 9.17) is 9.31 Å². The van der Waals surface area contributed by atoms with Crippen LogP contribution in [0.1, 0.15) is 33.3 Å². The number of hydrogen-bond donors (Lipinski definition) is 0. The van der Waals surface area contributed by atoms with Gasteiger partial charge in [-0.15, -0.1) is 0 Å². The highest BCUT2D eigenvalue weighted by Gasteiger charge is 2.53. The zero-order valence-corrected chi connectivity index (χ0v) is 15.0. The van der Waals surface area contributed by atoms with Crippen LogP contribution < -0.4 is 0 Å². The van der Waals surface area contributed by atoms with E-state index in [0.717, 1.165) is 17.2 Å². The highest BCUT2D eigenvalue weighted by atomic mass is 19.1. The van der Waals surface area contributed by atoms with Crippen molar-refractivity contribution in [2.24, 2.45) is 7.05 Å². The smallest absolute Gasteiger partial charge is 0.398 e. The third-order valence-electron chi connectivity index (χ3n) is 4.81. The van der Waals surface area contributed by atoms with Gasteiger partial charge in [-0.25, -0.2) is 8.78 Å². The van der Waals surface area contributed by atoms with Gasteiger partial charge in [-0.1, -0.05) is 6.07 Å². The standard InChI is InChI=1S/C18H21BF2N2O2/c1-17(2)18(3,4)25-19(24-17)16(21)9-13-8-12(6-7-15(13)20)14-10-22-23(5)11-14/h6-11H,1-5H3. The summed E-state index contributed by atoms with van der Waals surface area (Å²) < 4.78 is 41.7. The predicted molar refractivity (Wildman–Crippen MR) is 93.8 cm³/mol. The van der Waals surface area contributed by atoms with Gasteiger partial charge in [0.2, 0.25) is 0 Å². The molecular weight excluding hydrogens is 325 g/mol. The lowest BCUT2D eigenvalue weighted by molar-refractivity contribution is 0.00578. The van der Waals surface area contributed by atoms with E-state index in [1.807, 2.05) is 33.9 Å². The molecule has 0 bridgehead atoms. The Hall–Kier alpha value is -1.99. The van der Waals surface area contributed by atoms with Crippen molar-refractivity contribution in [3.8, 4) is 11.1 Å². The number of halogens is 2. The molecular formula is C18H21BF2N2O2. The number of rotatable bonds is 3. The maximum absolute atomic E-state index is 14.6. The summed E-state index contributed by atoms with van der Waals surface area (Å²) in [5, 5.41) is 4.09. The van der Waals surface area contributed by atoms with Crippen molar-refractivity contribution in [3.63, 3.8) is 0 Å². The molecule has 0 amide bonds. The van der Waals surface area contributed by atoms with Gasteiger partial charge in [0.25, 0.3) is 0 Å². The average Bonchev–Trinajstić information content (AvgIpc) is 3.03. The van der Waals surface area contributed by atoms with E-state index < -0.39 is 29.9 Å². The molecule has 2 aromatic rings. The molecule has 132 valence electrons. The maximum Gasteiger partial charge on any atom is 0.525 e. The van der Waals surface area contributed by atoms with E-state index in [-0.39, 0.29) is 5.56 Å². The molecule has 0 spiro atoms. The topological polar surface area (TPSA) is 36.3 Å². The lowest BCUT2D eigenvalue weighted by Gasteiger charge is -2.32. The Bertz CT molecular complexity index is 814. The Kier molecular flexibility index (Phi) is 4.33. The Morgan fingerprint density at radius 3 is 2.36 bits per heavy atom. The molecule has 3 rings (SSSR count). The second-order valence-electron chi connectivity index (χ2n) is 7.26. The van der Waals surface area contributed by atoms with E-state index in [1.54, 1.807) is 30.1 Å². The Morgan fingerprint density at radius 2 is 1.80 bits per heavy atom. The quantitative estimate of drug-likeness (QED) is 0.783. The number of benzene rings is 1. The van der Waals surface area contributed by atoms with Crippen LogP contribution in [0, 0.1) is 5.82 Å². The van der Waals surface area contributed by atoms with Crippen LogP contribution in [0.5, 0.6) is 0 Å². The van der Waals surface area contributed by atoms with E-state index in [0.29, 0.717) is 0 Å². The first-order chi connectivity index (χ1) is 11.6. The van der Waals surface area contributed by atoms with Gasteiger partial charge in [0.15, 0.2) is 0 Å². The Morgan fingerprint density at radius 1 is 1.16 bits per heavy atom. The van der Waals surface area contributed by atoms with Gasteiger partial charge in [-0.05, 0) is 51.5 Å². The summed E-state index contributed by atoms with van der Waals surface area (Å²) in [7, 11) is 0.651. The van der Waals surface area contributed by atoms with E-state index in [1.165, 1.54) is 6.07 Å². The maximum atomic E-state index is 14.6. The van der Waals surface area contributed by atoms with Gasteiger partial charge >= 0.3 is 7.12 Å². The highest BCUT2D eigenvalue weighted by molar-refractivity contribution is 6.54. The summed E-state index contributed by atoms with van der Waals surface area (Å²) in [4.78, 5) is 0. The molecule has 0 aliphatic carbocycles. The van der Waals surface area contributed by atoms with Gasteiger partial charge < -0.3 is 9.31 Å². The molecule has 1 aromatic carbocycles. The van der Waals surface area contributed by atoms with Crippen LogP contribution in [0.15, 0.2) is 36.3 Å². The fourth-order valence-electron chi connectivity index (χ4n) is 2.58. The molecule has 0 radical (unpaired) electrons. The van der Waals surface area contributed by atoms with Crippen molar-refractivity contribution < 1.29 is 18.1 Å². The van der Waals surface area contributed by atoms with Crippen LogP contribution in [0.25, 0.3) is 17.2 Å². The second kappa shape index (κ2) is 6.07. The summed E-state index contributed by atoms with van der Waals surface area (Å²) in [5.74, 6) is -0.515. The van der Waals surface area contributed by atoms with Crippen LogP contribution in [-0.4, -0.2) is 28.1 Å². The van der Waals surface area contributed by atoms with Crippen molar-refractivity contribution in [2.45, 2.75) is 38.9 Å². The molecule has 0 N–H and O–H groups in total. The molecule has 7 heteroatoms. The minimum absolute atomic E-state index is 0.133. The van der Waals surface area contributed by atoms with Gasteiger partial charge in [-0.2, -0.15) is 5.10 Å². The number of aryl methyl sites for hydroxylation is 1. The fourth-order valence-corrected chi connectivity index (χ4v) is 2.58. The van der Waals surface area contributed by atoms with Crippen molar-refractivity contribution in [2.75, 3.05) is 0 Å². The third-order valence-corrected chi connectivity index (χ3v) is 4.81. The Balaban J connectivity index is 1.90. The minimum Gasteiger partial charge on any atom is -0.398 e. The molecule has 1 aliphatic heterocycles. The molecule has 25 heavy (non-hydrogen) atoms. The first-order valence-electron chi connectivity index (χ1n) is 8.10. The van der Waals surface area contributed by atoms with E-state index in [2.05, 4.69) is 5.10 Å². The Labute approximate surface area is 146 Å². The lowest BCUT2D eigenvalue weighted by Crippen LogP contribution is -2.41. The SMILES string of the molecule is Cn1cc(-c2ccc(F)c(C=C(F)B3OC(C)(C)C(C)(C)O3)c2)cn1. The third kappa shape index (κ3) is 3.39. The number of hydrogen-bond acceptors (Lipinski definition) is 3. The van der Waals surface area contributed by atoms with Crippen LogP contribution in [0.4, 0.5) is 8.78 Å². The number of aromatic nitrogens is 2. The summed E-state index contributed by atoms with van der Waals surface area (Å²) in [6.45, 7) is 7.35. The van der Waals surface area contributed by atoms with E-state index in [9.17, 15) is 8.78 Å². The molecule has 0 atom stereocenters. The summed E-state index contributed by atoms with van der Waals surface area (Å²) in [6, 6.07) is 4.53. The van der Waals surface area contributed by atoms with Crippen molar-refractivity contribution in [1.82, 2.24) is 9.78 Å². The number of nitrogens with zero attached hydrogens (tertiary/aromatic N) is 2. The monoisotopic (exact) mass is 346 g/mol. The van der Waals surface area contributed by atoms with Crippen LogP contribution >= 0.6 is 0 Å². The van der Waals surface area contributed by atoms with Crippen molar-refractivity contribution >= 4 is 13.2 Å². The first kappa shape index (κ1) is 17.8. The molecule has 4 nitrogen and oxygen atoms in total. The largest absolute Gasteiger partial charge is 0.525 e. The highest BCUT2D eigenvalue weighted by Crippen LogP contribution is 2.39. The molecule has 1 fully saturated rings. The molecule has 0 saturated carbocycles. The van der Waals surface area contributed by atoms with Crippen LogP contribution in [0.3, 0.4) is 0 Å². The van der Waals surface area contributed by atoms with Crippen molar-refractivity contribution in [1.29, 1.82) is 0 Å². The molecule has 1 aliphatic rings. The molecule has 1 saturated heterocycles. The zero-order chi connectivity index (χ0) is 18.4.